The van der Waals surface area contributed by atoms with Gasteiger partial charge in [-0.05, 0) is 49.9 Å². The molecule has 1 aliphatic rings. The van der Waals surface area contributed by atoms with Crippen molar-refractivity contribution >= 4 is 5.91 Å². The number of methoxy groups -OCH3 is 1. The SMILES string of the molecule is CCC(CC)N1CCN(C(=O)COC)C[C@](O)(COc2ccc(C)c(C)c2)C1. The highest BCUT2D eigenvalue weighted by Crippen LogP contribution is 2.22. The van der Waals surface area contributed by atoms with Crippen molar-refractivity contribution in [2.75, 3.05) is 46.5 Å². The number of hydrogen-bond donors (Lipinski definition) is 1. The van der Waals surface area contributed by atoms with Crippen LogP contribution in [0.2, 0.25) is 0 Å². The van der Waals surface area contributed by atoms with Gasteiger partial charge in [-0.25, -0.2) is 0 Å². The summed E-state index contributed by atoms with van der Waals surface area (Å²) >= 11 is 0. The predicted octanol–water partition coefficient (Wildman–Crippen LogP) is 2.39. The van der Waals surface area contributed by atoms with Gasteiger partial charge in [-0.1, -0.05) is 19.9 Å². The van der Waals surface area contributed by atoms with Crippen LogP contribution in [0.25, 0.3) is 0 Å². The van der Waals surface area contributed by atoms with E-state index in [9.17, 15) is 9.90 Å². The van der Waals surface area contributed by atoms with Crippen LogP contribution in [-0.4, -0.2) is 79.0 Å². The number of carbonyl (C=O) groups excluding carboxylic acids is 1. The molecule has 1 aromatic rings. The number of benzene rings is 1. The van der Waals surface area contributed by atoms with Crippen LogP contribution in [0.3, 0.4) is 0 Å². The second-order valence-electron chi connectivity index (χ2n) is 7.95. The molecule has 0 spiro atoms. The van der Waals surface area contributed by atoms with Gasteiger partial charge in [0.05, 0.1) is 6.54 Å². The summed E-state index contributed by atoms with van der Waals surface area (Å²) in [6.45, 7) is 10.7. The summed E-state index contributed by atoms with van der Waals surface area (Å²) in [5, 5.41) is 11.4. The maximum Gasteiger partial charge on any atom is 0.248 e. The minimum atomic E-state index is -1.14. The number of β-amino-alcohol motifs (C(OH)–C–C–N with tert-alkyl or cyclic N) is 1. The van der Waals surface area contributed by atoms with E-state index >= 15 is 0 Å². The first-order valence-corrected chi connectivity index (χ1v) is 10.2. The zero-order valence-electron chi connectivity index (χ0n) is 18.0. The Morgan fingerprint density at radius 2 is 1.89 bits per heavy atom. The normalized spacial score (nSPS) is 21.0. The number of ether oxygens (including phenoxy) is 2. The maximum atomic E-state index is 12.4. The quantitative estimate of drug-likeness (QED) is 0.736. The van der Waals surface area contributed by atoms with Crippen LogP contribution in [0.5, 0.6) is 5.75 Å². The number of nitrogens with zero attached hydrogens (tertiary/aromatic N) is 2. The van der Waals surface area contributed by atoms with E-state index in [-0.39, 0.29) is 25.7 Å². The van der Waals surface area contributed by atoms with Crippen molar-refractivity contribution in [3.05, 3.63) is 29.3 Å². The lowest BCUT2D eigenvalue weighted by Gasteiger charge is -2.35. The molecule has 1 atom stereocenters. The third-order valence-corrected chi connectivity index (χ3v) is 5.71. The van der Waals surface area contributed by atoms with Gasteiger partial charge in [0.15, 0.2) is 0 Å². The van der Waals surface area contributed by atoms with Gasteiger partial charge >= 0.3 is 0 Å². The Bertz CT molecular complexity index is 647. The van der Waals surface area contributed by atoms with Gasteiger partial charge in [-0.15, -0.1) is 0 Å². The van der Waals surface area contributed by atoms with E-state index in [0.717, 1.165) is 30.7 Å². The molecule has 2 rings (SSSR count). The van der Waals surface area contributed by atoms with Crippen molar-refractivity contribution in [3.8, 4) is 5.75 Å². The van der Waals surface area contributed by atoms with Gasteiger partial charge in [0, 0.05) is 32.8 Å². The molecule has 0 unspecified atom stereocenters. The highest BCUT2D eigenvalue weighted by atomic mass is 16.5. The van der Waals surface area contributed by atoms with Crippen LogP contribution in [0.1, 0.15) is 37.8 Å². The number of aliphatic hydroxyl groups is 1. The van der Waals surface area contributed by atoms with Gasteiger partial charge in [0.1, 0.15) is 24.6 Å². The van der Waals surface area contributed by atoms with Gasteiger partial charge in [-0.3, -0.25) is 9.69 Å². The molecule has 6 heteroatoms. The summed E-state index contributed by atoms with van der Waals surface area (Å²) in [7, 11) is 1.52. The fraction of sp³-hybridized carbons (Fsp3) is 0.682. The summed E-state index contributed by atoms with van der Waals surface area (Å²) in [6, 6.07) is 6.31. The number of rotatable bonds is 8. The molecule has 1 amide bonds. The van der Waals surface area contributed by atoms with Gasteiger partial charge in [0.2, 0.25) is 5.91 Å². The highest BCUT2D eigenvalue weighted by Gasteiger charge is 2.38. The first-order valence-electron chi connectivity index (χ1n) is 10.2. The van der Waals surface area contributed by atoms with E-state index in [4.69, 9.17) is 9.47 Å². The topological polar surface area (TPSA) is 62.2 Å². The first-order chi connectivity index (χ1) is 13.3. The van der Waals surface area contributed by atoms with Crippen molar-refractivity contribution in [1.29, 1.82) is 0 Å². The molecule has 1 N–H and O–H groups in total. The standard InChI is InChI=1S/C22H36N2O4/c1-6-19(7-2)23-10-11-24(21(25)13-27-5)15-22(26,14-23)16-28-20-9-8-17(3)18(4)12-20/h8-9,12,19,26H,6-7,10-11,13-16H2,1-5H3/t22-/m0/s1. The maximum absolute atomic E-state index is 12.4. The molecule has 6 nitrogen and oxygen atoms in total. The minimum absolute atomic E-state index is 0.0269. The van der Waals surface area contributed by atoms with E-state index < -0.39 is 5.60 Å². The molecule has 1 saturated heterocycles. The Morgan fingerprint density at radius 3 is 2.50 bits per heavy atom. The molecule has 1 heterocycles. The molecule has 0 aromatic heterocycles. The Kier molecular flexibility index (Phi) is 8.28. The van der Waals surface area contributed by atoms with Crippen LogP contribution in [-0.2, 0) is 9.53 Å². The van der Waals surface area contributed by atoms with Crippen LogP contribution >= 0.6 is 0 Å². The first kappa shape index (κ1) is 22.7. The number of amides is 1. The Hall–Kier alpha value is -1.63. The van der Waals surface area contributed by atoms with E-state index in [0.29, 0.717) is 19.1 Å². The molecule has 28 heavy (non-hydrogen) atoms. The minimum Gasteiger partial charge on any atom is -0.490 e. The van der Waals surface area contributed by atoms with Gasteiger partial charge in [0.25, 0.3) is 0 Å². The van der Waals surface area contributed by atoms with E-state index in [1.54, 1.807) is 4.90 Å². The van der Waals surface area contributed by atoms with Crippen molar-refractivity contribution in [3.63, 3.8) is 0 Å². The largest absolute Gasteiger partial charge is 0.490 e. The lowest BCUT2D eigenvalue weighted by molar-refractivity contribution is -0.138. The van der Waals surface area contributed by atoms with E-state index in [2.05, 4.69) is 25.7 Å². The molecule has 0 radical (unpaired) electrons. The predicted molar refractivity (Wildman–Crippen MR) is 111 cm³/mol. The zero-order chi connectivity index (χ0) is 20.7. The molecule has 0 bridgehead atoms. The van der Waals surface area contributed by atoms with Crippen LogP contribution < -0.4 is 4.74 Å². The molecule has 1 aliphatic heterocycles. The van der Waals surface area contributed by atoms with Crippen molar-refractivity contribution in [2.45, 2.75) is 52.2 Å². The van der Waals surface area contributed by atoms with Crippen molar-refractivity contribution in [2.24, 2.45) is 0 Å². The lowest BCUT2D eigenvalue weighted by atomic mass is 10.0. The summed E-state index contributed by atoms with van der Waals surface area (Å²) in [4.78, 5) is 16.4. The lowest BCUT2D eigenvalue weighted by Crippen LogP contribution is -2.53. The van der Waals surface area contributed by atoms with Crippen molar-refractivity contribution < 1.29 is 19.4 Å². The number of aryl methyl sites for hydroxylation is 2. The van der Waals surface area contributed by atoms with Crippen LogP contribution in [0.4, 0.5) is 0 Å². The third kappa shape index (κ3) is 5.93. The fourth-order valence-corrected chi connectivity index (χ4v) is 3.85. The Morgan fingerprint density at radius 1 is 1.18 bits per heavy atom. The fourth-order valence-electron chi connectivity index (χ4n) is 3.85. The molecule has 0 saturated carbocycles. The highest BCUT2D eigenvalue weighted by molar-refractivity contribution is 5.77. The third-order valence-electron chi connectivity index (χ3n) is 5.71. The second kappa shape index (κ2) is 10.2. The van der Waals surface area contributed by atoms with Gasteiger partial charge < -0.3 is 19.5 Å². The molecule has 1 aromatic carbocycles. The Balaban J connectivity index is 2.18. The molecule has 1 fully saturated rings. The molecule has 158 valence electrons. The molecular formula is C22H36N2O4. The van der Waals surface area contributed by atoms with E-state index in [1.165, 1.54) is 12.7 Å². The zero-order valence-corrected chi connectivity index (χ0v) is 18.0. The summed E-state index contributed by atoms with van der Waals surface area (Å²) in [5.41, 5.74) is 1.22. The van der Waals surface area contributed by atoms with Crippen molar-refractivity contribution in [1.82, 2.24) is 9.80 Å². The average molecular weight is 393 g/mol. The summed E-state index contributed by atoms with van der Waals surface area (Å²) in [6.07, 6.45) is 2.02. The smallest absolute Gasteiger partial charge is 0.248 e. The Labute approximate surface area is 169 Å². The summed E-state index contributed by atoms with van der Waals surface area (Å²) in [5.74, 6) is 0.642. The van der Waals surface area contributed by atoms with Gasteiger partial charge in [-0.2, -0.15) is 0 Å². The summed E-state index contributed by atoms with van der Waals surface area (Å²) < 4.78 is 11.0. The second-order valence-corrected chi connectivity index (χ2v) is 7.95. The molecule has 0 aliphatic carbocycles. The number of hydrogen-bond acceptors (Lipinski definition) is 5. The van der Waals surface area contributed by atoms with Crippen LogP contribution in [0.15, 0.2) is 18.2 Å². The monoisotopic (exact) mass is 392 g/mol. The van der Waals surface area contributed by atoms with E-state index in [1.807, 2.05) is 25.1 Å². The van der Waals surface area contributed by atoms with Crippen LogP contribution in [0, 0.1) is 13.8 Å². The number of carbonyl (C=O) groups is 1. The average Bonchev–Trinajstić information content (AvgIpc) is 2.84. The molecular weight excluding hydrogens is 356 g/mol.